The first-order valence-corrected chi connectivity index (χ1v) is 8.77. The fraction of sp³-hybridized carbons (Fsp3) is 0.789. The van der Waals surface area contributed by atoms with Crippen molar-refractivity contribution in [2.24, 2.45) is 0 Å². The van der Waals surface area contributed by atoms with Crippen LogP contribution in [-0.2, 0) is 4.79 Å². The molecule has 0 spiro atoms. The van der Waals surface area contributed by atoms with Gasteiger partial charge in [0, 0.05) is 13.3 Å². The normalized spacial score (nSPS) is 11.3. The number of allylic oxidation sites excluding steroid dienone is 2. The summed E-state index contributed by atoms with van der Waals surface area (Å²) >= 11 is 0. The quantitative estimate of drug-likeness (QED) is 0.249. The second-order valence-corrected chi connectivity index (χ2v) is 5.87. The Morgan fingerprint density at radius 2 is 1.20 bits per heavy atom. The molecule has 20 heavy (non-hydrogen) atoms. The van der Waals surface area contributed by atoms with E-state index in [9.17, 15) is 4.79 Å². The van der Waals surface area contributed by atoms with Crippen LogP contribution in [0.1, 0.15) is 96.8 Å². The molecule has 0 aromatic rings. The molecule has 0 heterocycles. The van der Waals surface area contributed by atoms with Gasteiger partial charge in [0.05, 0.1) is 0 Å². The minimum absolute atomic E-state index is 0.0858. The molecule has 0 rings (SSSR count). The van der Waals surface area contributed by atoms with Crippen molar-refractivity contribution in [1.29, 1.82) is 0 Å². The van der Waals surface area contributed by atoms with Crippen LogP contribution in [0.2, 0.25) is 0 Å². The largest absolute Gasteiger partial charge is 0.300 e. The maximum absolute atomic E-state index is 10.7. The fourth-order valence-electron chi connectivity index (χ4n) is 2.39. The summed E-state index contributed by atoms with van der Waals surface area (Å²) < 4.78 is 0. The van der Waals surface area contributed by atoms with Gasteiger partial charge in [-0.2, -0.15) is 0 Å². The second kappa shape index (κ2) is 16.5. The highest BCUT2D eigenvalue weighted by molar-refractivity contribution is 5.82. The standard InChI is InChI=1S/C19H35O/c1-3-4-5-6-7-8-9-10-11-12-13-14-15-16-17-18-19(2)20/h10-11H,2-9,12-18H2,1H3/b11-10-. The number of rotatable bonds is 15. The smallest absolute Gasteiger partial charge is 0.133 e. The highest BCUT2D eigenvalue weighted by Gasteiger charge is 1.94. The van der Waals surface area contributed by atoms with Crippen molar-refractivity contribution in [1.82, 2.24) is 0 Å². The number of hydrogen-bond donors (Lipinski definition) is 0. The Morgan fingerprint density at radius 3 is 1.70 bits per heavy atom. The highest BCUT2D eigenvalue weighted by atomic mass is 16.1. The van der Waals surface area contributed by atoms with E-state index in [2.05, 4.69) is 26.0 Å². The minimum atomic E-state index is 0.0858. The Balaban J connectivity index is 3.07. The average Bonchev–Trinajstić information content (AvgIpc) is 2.43. The molecule has 0 aliphatic heterocycles. The summed E-state index contributed by atoms with van der Waals surface area (Å²) in [5, 5.41) is 0. The van der Waals surface area contributed by atoms with Crippen LogP contribution < -0.4 is 0 Å². The Bertz CT molecular complexity index is 230. The number of carbonyl (C=O) groups is 1. The lowest BCUT2D eigenvalue weighted by Crippen LogP contribution is -1.89. The molecule has 1 radical (unpaired) electrons. The fourth-order valence-corrected chi connectivity index (χ4v) is 2.39. The molecule has 0 aromatic carbocycles. The summed E-state index contributed by atoms with van der Waals surface area (Å²) in [6.07, 6.45) is 22.3. The Labute approximate surface area is 127 Å². The molecule has 0 atom stereocenters. The minimum Gasteiger partial charge on any atom is -0.300 e. The zero-order valence-electron chi connectivity index (χ0n) is 13.7. The van der Waals surface area contributed by atoms with Crippen LogP contribution in [-0.4, -0.2) is 5.78 Å². The molecule has 0 fully saturated rings. The van der Waals surface area contributed by atoms with Gasteiger partial charge in [-0.25, -0.2) is 0 Å². The summed E-state index contributed by atoms with van der Waals surface area (Å²) in [5.41, 5.74) is 0. The van der Waals surface area contributed by atoms with Crippen LogP contribution in [0.15, 0.2) is 12.2 Å². The lowest BCUT2D eigenvalue weighted by atomic mass is 10.1. The van der Waals surface area contributed by atoms with Crippen molar-refractivity contribution in [3.05, 3.63) is 19.1 Å². The first-order chi connectivity index (χ1) is 9.77. The first kappa shape index (κ1) is 19.4. The van der Waals surface area contributed by atoms with Gasteiger partial charge in [-0.3, -0.25) is 4.79 Å². The van der Waals surface area contributed by atoms with E-state index in [1.807, 2.05) is 0 Å². The van der Waals surface area contributed by atoms with Gasteiger partial charge in [-0.05, 0) is 32.1 Å². The van der Waals surface area contributed by atoms with Crippen LogP contribution in [0.25, 0.3) is 0 Å². The molecule has 0 amide bonds. The van der Waals surface area contributed by atoms with Gasteiger partial charge >= 0.3 is 0 Å². The molecule has 1 heteroatoms. The molecule has 0 saturated heterocycles. The van der Waals surface area contributed by atoms with Crippen LogP contribution in [0.5, 0.6) is 0 Å². The lowest BCUT2D eigenvalue weighted by molar-refractivity contribution is -0.114. The van der Waals surface area contributed by atoms with Crippen molar-refractivity contribution in [2.75, 3.05) is 0 Å². The number of unbranched alkanes of at least 4 members (excludes halogenated alkanes) is 11. The van der Waals surface area contributed by atoms with E-state index < -0.39 is 0 Å². The molecule has 0 aromatic heterocycles. The molecular weight excluding hydrogens is 244 g/mol. The monoisotopic (exact) mass is 279 g/mol. The summed E-state index contributed by atoms with van der Waals surface area (Å²) in [6.45, 7) is 5.66. The van der Waals surface area contributed by atoms with Gasteiger partial charge in [0.1, 0.15) is 5.78 Å². The number of carbonyl (C=O) groups excluding carboxylic acids is 1. The van der Waals surface area contributed by atoms with E-state index in [0.717, 1.165) is 6.42 Å². The van der Waals surface area contributed by atoms with Gasteiger partial charge in [-0.15, -0.1) is 0 Å². The van der Waals surface area contributed by atoms with E-state index in [4.69, 9.17) is 0 Å². The Morgan fingerprint density at radius 1 is 0.750 bits per heavy atom. The van der Waals surface area contributed by atoms with E-state index >= 15 is 0 Å². The van der Waals surface area contributed by atoms with Gasteiger partial charge < -0.3 is 0 Å². The van der Waals surface area contributed by atoms with Crippen molar-refractivity contribution in [2.45, 2.75) is 96.8 Å². The van der Waals surface area contributed by atoms with Gasteiger partial charge in [-0.1, -0.05) is 70.4 Å². The Kier molecular flexibility index (Phi) is 16.0. The van der Waals surface area contributed by atoms with Gasteiger partial charge in [0.2, 0.25) is 0 Å². The van der Waals surface area contributed by atoms with Crippen LogP contribution in [0, 0.1) is 6.92 Å². The van der Waals surface area contributed by atoms with Crippen molar-refractivity contribution < 1.29 is 4.79 Å². The molecule has 0 aliphatic rings. The molecule has 0 unspecified atom stereocenters. The molecular formula is C19H35O. The highest BCUT2D eigenvalue weighted by Crippen LogP contribution is 2.09. The topological polar surface area (TPSA) is 17.1 Å². The van der Waals surface area contributed by atoms with Crippen molar-refractivity contribution >= 4 is 5.78 Å². The van der Waals surface area contributed by atoms with Crippen molar-refractivity contribution in [3.8, 4) is 0 Å². The molecule has 0 saturated carbocycles. The Hall–Kier alpha value is -0.590. The molecule has 0 aliphatic carbocycles. The number of ketones is 1. The maximum atomic E-state index is 10.7. The van der Waals surface area contributed by atoms with Crippen LogP contribution in [0.3, 0.4) is 0 Å². The third-order valence-corrected chi connectivity index (χ3v) is 3.72. The zero-order valence-corrected chi connectivity index (χ0v) is 13.7. The summed E-state index contributed by atoms with van der Waals surface area (Å²) in [7, 11) is 0. The summed E-state index contributed by atoms with van der Waals surface area (Å²) in [5.74, 6) is 0.0858. The van der Waals surface area contributed by atoms with Gasteiger partial charge in [0.15, 0.2) is 0 Å². The number of Topliss-reactive ketones (excluding diaryl/α,β-unsaturated/α-hetero) is 1. The summed E-state index contributed by atoms with van der Waals surface area (Å²) in [4.78, 5) is 10.7. The van der Waals surface area contributed by atoms with E-state index in [1.54, 1.807) is 0 Å². The van der Waals surface area contributed by atoms with E-state index in [1.165, 1.54) is 77.0 Å². The van der Waals surface area contributed by atoms with Gasteiger partial charge in [0.25, 0.3) is 0 Å². The zero-order chi connectivity index (χ0) is 14.9. The maximum Gasteiger partial charge on any atom is 0.133 e. The average molecular weight is 279 g/mol. The molecule has 0 bridgehead atoms. The van der Waals surface area contributed by atoms with E-state index in [-0.39, 0.29) is 5.78 Å². The first-order valence-electron chi connectivity index (χ1n) is 8.77. The van der Waals surface area contributed by atoms with Crippen LogP contribution in [0.4, 0.5) is 0 Å². The summed E-state index contributed by atoms with van der Waals surface area (Å²) in [6, 6.07) is 0. The predicted molar refractivity (Wildman–Crippen MR) is 89.8 cm³/mol. The molecule has 117 valence electrons. The third kappa shape index (κ3) is 17.4. The number of hydrogen-bond acceptors (Lipinski definition) is 1. The van der Waals surface area contributed by atoms with Crippen molar-refractivity contribution in [3.63, 3.8) is 0 Å². The van der Waals surface area contributed by atoms with E-state index in [0.29, 0.717) is 6.42 Å². The SMILES string of the molecule is [CH2]C(=O)CCCCCCC/C=C\CCCCCCCC. The molecule has 1 nitrogen and oxygen atoms in total. The predicted octanol–water partition coefficient (Wildman–Crippen LogP) is 6.43. The lowest BCUT2D eigenvalue weighted by Gasteiger charge is -1.99. The second-order valence-electron chi connectivity index (χ2n) is 5.87. The molecule has 0 N–H and O–H groups in total. The third-order valence-electron chi connectivity index (χ3n) is 3.72. The van der Waals surface area contributed by atoms with Crippen LogP contribution >= 0.6 is 0 Å².